The van der Waals surface area contributed by atoms with Crippen LogP contribution in [0.15, 0.2) is 0 Å². The molecule has 0 aromatic carbocycles. The molecule has 1 fully saturated rings. The zero-order valence-electron chi connectivity index (χ0n) is 5.29. The topological polar surface area (TPSA) is 29.5 Å². The minimum atomic E-state index is -0.231. The number of hydrogen-bond donors (Lipinski definition) is 1. The van der Waals surface area contributed by atoms with Crippen molar-refractivity contribution in [3.63, 3.8) is 0 Å². The quantitative estimate of drug-likeness (QED) is 0.496. The van der Waals surface area contributed by atoms with E-state index >= 15 is 0 Å². The zero-order valence-corrected chi connectivity index (χ0v) is 5.29. The van der Waals surface area contributed by atoms with Crippen LogP contribution in [0.2, 0.25) is 0 Å². The molecule has 1 aliphatic heterocycles. The molecular formula is C6H12O2. The first-order valence-electron chi connectivity index (χ1n) is 3.01. The van der Waals surface area contributed by atoms with Gasteiger partial charge in [0.15, 0.2) is 0 Å². The smallest absolute Gasteiger partial charge is 0.0823 e. The number of aliphatic hydroxyl groups is 1. The van der Waals surface area contributed by atoms with Gasteiger partial charge in [-0.05, 0) is 6.92 Å². The summed E-state index contributed by atoms with van der Waals surface area (Å²) in [4.78, 5) is 0. The van der Waals surface area contributed by atoms with Gasteiger partial charge in [0, 0.05) is 5.92 Å². The second-order valence-corrected chi connectivity index (χ2v) is 2.46. The van der Waals surface area contributed by atoms with Crippen molar-refractivity contribution in [2.45, 2.75) is 26.1 Å². The van der Waals surface area contributed by atoms with Crippen molar-refractivity contribution >= 4 is 0 Å². The highest BCUT2D eigenvalue weighted by atomic mass is 16.5. The van der Waals surface area contributed by atoms with Gasteiger partial charge in [-0.25, -0.2) is 0 Å². The molecule has 0 saturated carbocycles. The molecule has 2 unspecified atom stereocenters. The summed E-state index contributed by atoms with van der Waals surface area (Å²) in [5, 5.41) is 9.04. The number of hydrogen-bond acceptors (Lipinski definition) is 2. The molecule has 3 atom stereocenters. The maximum absolute atomic E-state index is 9.04. The van der Waals surface area contributed by atoms with Gasteiger partial charge >= 0.3 is 0 Å². The Kier molecular flexibility index (Phi) is 1.54. The van der Waals surface area contributed by atoms with Crippen molar-refractivity contribution in [1.82, 2.24) is 0 Å². The van der Waals surface area contributed by atoms with Gasteiger partial charge in [-0.2, -0.15) is 0 Å². The van der Waals surface area contributed by atoms with E-state index in [1.807, 2.05) is 13.8 Å². The van der Waals surface area contributed by atoms with Gasteiger partial charge in [0.25, 0.3) is 0 Å². The molecule has 0 aromatic rings. The first kappa shape index (κ1) is 6.05. The predicted octanol–water partition coefficient (Wildman–Crippen LogP) is 0.402. The van der Waals surface area contributed by atoms with Crippen LogP contribution < -0.4 is 0 Å². The van der Waals surface area contributed by atoms with E-state index in [0.29, 0.717) is 12.5 Å². The van der Waals surface area contributed by atoms with Crippen LogP contribution in [0.1, 0.15) is 13.8 Å². The summed E-state index contributed by atoms with van der Waals surface area (Å²) in [6.45, 7) is 4.51. The highest BCUT2D eigenvalue weighted by Crippen LogP contribution is 2.19. The van der Waals surface area contributed by atoms with Gasteiger partial charge in [-0.15, -0.1) is 0 Å². The molecule has 8 heavy (non-hydrogen) atoms. The Hall–Kier alpha value is -0.0800. The highest BCUT2D eigenvalue weighted by Gasteiger charge is 2.28. The molecule has 1 heterocycles. The summed E-state index contributed by atoms with van der Waals surface area (Å²) >= 11 is 0. The minimum absolute atomic E-state index is 0.231. The standard InChI is InChI=1S/C6H12O2/c1-4-5(2)8-3-6(4)7/h4-7H,3H2,1-2H3/t4?,5?,6-/m0/s1. The van der Waals surface area contributed by atoms with E-state index in [4.69, 9.17) is 9.84 Å². The predicted molar refractivity (Wildman–Crippen MR) is 30.6 cm³/mol. The summed E-state index contributed by atoms with van der Waals surface area (Å²) in [5.74, 6) is 0.315. The van der Waals surface area contributed by atoms with Crippen molar-refractivity contribution in [3.8, 4) is 0 Å². The van der Waals surface area contributed by atoms with Crippen molar-refractivity contribution < 1.29 is 9.84 Å². The maximum Gasteiger partial charge on any atom is 0.0823 e. The minimum Gasteiger partial charge on any atom is -0.390 e. The van der Waals surface area contributed by atoms with E-state index in [1.54, 1.807) is 0 Å². The fourth-order valence-electron chi connectivity index (χ4n) is 0.867. The van der Waals surface area contributed by atoms with E-state index in [2.05, 4.69) is 0 Å². The molecule has 0 aliphatic carbocycles. The van der Waals surface area contributed by atoms with Crippen LogP contribution in [0.4, 0.5) is 0 Å². The normalized spacial score (nSPS) is 47.6. The van der Waals surface area contributed by atoms with Crippen molar-refractivity contribution in [3.05, 3.63) is 0 Å². The lowest BCUT2D eigenvalue weighted by Crippen LogP contribution is -2.17. The molecule has 48 valence electrons. The van der Waals surface area contributed by atoms with Gasteiger partial charge in [-0.3, -0.25) is 0 Å². The molecule has 1 N–H and O–H groups in total. The second-order valence-electron chi connectivity index (χ2n) is 2.46. The summed E-state index contributed by atoms with van der Waals surface area (Å²) in [7, 11) is 0. The average molecular weight is 116 g/mol. The SMILES string of the molecule is CC1OC[C@H](O)C1C. The summed E-state index contributed by atoms with van der Waals surface area (Å²) in [6.07, 6.45) is 0.00926. The van der Waals surface area contributed by atoms with Gasteiger partial charge < -0.3 is 9.84 Å². The molecule has 0 radical (unpaired) electrons. The van der Waals surface area contributed by atoms with Crippen LogP contribution in [0.3, 0.4) is 0 Å². The third kappa shape index (κ3) is 0.858. The van der Waals surface area contributed by atoms with Gasteiger partial charge in [0.2, 0.25) is 0 Å². The van der Waals surface area contributed by atoms with Gasteiger partial charge in [-0.1, -0.05) is 6.92 Å². The molecule has 0 bridgehead atoms. The largest absolute Gasteiger partial charge is 0.390 e. The van der Waals surface area contributed by atoms with Crippen molar-refractivity contribution in [2.75, 3.05) is 6.61 Å². The van der Waals surface area contributed by atoms with Crippen LogP contribution >= 0.6 is 0 Å². The zero-order chi connectivity index (χ0) is 6.15. The van der Waals surface area contributed by atoms with Crippen molar-refractivity contribution in [2.24, 2.45) is 5.92 Å². The molecule has 2 heteroatoms. The van der Waals surface area contributed by atoms with E-state index in [0.717, 1.165) is 0 Å². The average Bonchev–Trinajstić information content (AvgIpc) is 1.98. The number of ether oxygens (including phenoxy) is 1. The lowest BCUT2D eigenvalue weighted by atomic mass is 10.0. The second kappa shape index (κ2) is 2.03. The lowest BCUT2D eigenvalue weighted by molar-refractivity contribution is 0.0966. The summed E-state index contributed by atoms with van der Waals surface area (Å²) in [6, 6.07) is 0. The van der Waals surface area contributed by atoms with Crippen LogP contribution in [0, 0.1) is 5.92 Å². The Bertz CT molecular complexity index is 72.6. The van der Waals surface area contributed by atoms with Crippen LogP contribution in [-0.2, 0) is 4.74 Å². The fraction of sp³-hybridized carbons (Fsp3) is 1.00. The number of aliphatic hydroxyl groups excluding tert-OH is 1. The third-order valence-corrected chi connectivity index (χ3v) is 1.88. The molecule has 0 aromatic heterocycles. The highest BCUT2D eigenvalue weighted by molar-refractivity contribution is 4.76. The Morgan fingerprint density at radius 2 is 2.12 bits per heavy atom. The van der Waals surface area contributed by atoms with Gasteiger partial charge in [0.05, 0.1) is 18.8 Å². The summed E-state index contributed by atoms with van der Waals surface area (Å²) in [5.41, 5.74) is 0. The Balaban J connectivity index is 2.44. The van der Waals surface area contributed by atoms with E-state index in [9.17, 15) is 0 Å². The first-order chi connectivity index (χ1) is 3.72. The lowest BCUT2D eigenvalue weighted by Gasteiger charge is -2.08. The third-order valence-electron chi connectivity index (χ3n) is 1.88. The number of rotatable bonds is 0. The van der Waals surface area contributed by atoms with Crippen LogP contribution in [-0.4, -0.2) is 23.9 Å². The first-order valence-corrected chi connectivity index (χ1v) is 3.01. The maximum atomic E-state index is 9.04. The summed E-state index contributed by atoms with van der Waals surface area (Å²) < 4.78 is 5.13. The Morgan fingerprint density at radius 3 is 2.25 bits per heavy atom. The molecule has 0 spiro atoms. The molecule has 1 rings (SSSR count). The molecular weight excluding hydrogens is 104 g/mol. The molecule has 2 nitrogen and oxygen atoms in total. The van der Waals surface area contributed by atoms with E-state index < -0.39 is 0 Å². The Morgan fingerprint density at radius 1 is 1.50 bits per heavy atom. The van der Waals surface area contributed by atoms with E-state index in [1.165, 1.54) is 0 Å². The molecule has 1 saturated heterocycles. The van der Waals surface area contributed by atoms with Gasteiger partial charge in [0.1, 0.15) is 0 Å². The molecule has 1 aliphatic rings. The van der Waals surface area contributed by atoms with Crippen molar-refractivity contribution in [1.29, 1.82) is 0 Å². The van der Waals surface area contributed by atoms with E-state index in [-0.39, 0.29) is 12.2 Å². The van der Waals surface area contributed by atoms with Crippen LogP contribution in [0.5, 0.6) is 0 Å². The van der Waals surface area contributed by atoms with Crippen LogP contribution in [0.25, 0.3) is 0 Å². The molecule has 0 amide bonds. The monoisotopic (exact) mass is 116 g/mol. The fourth-order valence-corrected chi connectivity index (χ4v) is 0.867. The Labute approximate surface area is 49.5 Å².